The van der Waals surface area contributed by atoms with Crippen LogP contribution in [0.1, 0.15) is 5.69 Å². The minimum Gasteiger partial charge on any atom is -0.340 e. The average Bonchev–Trinajstić information content (AvgIpc) is 2.68. The van der Waals surface area contributed by atoms with Crippen LogP contribution in [0.3, 0.4) is 0 Å². The SMILES string of the molecule is NCCN1CCn2c(cc3cccc(F)c32)C1. The Morgan fingerprint density at radius 1 is 1.29 bits per heavy atom. The second-order valence-corrected chi connectivity index (χ2v) is 4.53. The molecule has 0 aliphatic carbocycles. The largest absolute Gasteiger partial charge is 0.340 e. The molecule has 1 aliphatic heterocycles. The Hall–Kier alpha value is -1.39. The van der Waals surface area contributed by atoms with Gasteiger partial charge in [-0.2, -0.15) is 0 Å². The molecule has 1 aliphatic rings. The van der Waals surface area contributed by atoms with Gasteiger partial charge in [0, 0.05) is 43.8 Å². The number of nitrogens with two attached hydrogens (primary N) is 1. The molecule has 2 aromatic rings. The molecule has 0 saturated heterocycles. The maximum Gasteiger partial charge on any atom is 0.147 e. The molecule has 4 heteroatoms. The highest BCUT2D eigenvalue weighted by Crippen LogP contribution is 2.25. The smallest absolute Gasteiger partial charge is 0.147 e. The van der Waals surface area contributed by atoms with Crippen LogP contribution in [0, 0.1) is 5.82 Å². The summed E-state index contributed by atoms with van der Waals surface area (Å²) in [6.07, 6.45) is 0. The minimum atomic E-state index is -0.124. The number of rotatable bonds is 2. The van der Waals surface area contributed by atoms with Crippen molar-refractivity contribution in [1.82, 2.24) is 9.47 Å². The molecular weight excluding hydrogens is 217 g/mol. The summed E-state index contributed by atoms with van der Waals surface area (Å²) in [4.78, 5) is 2.31. The van der Waals surface area contributed by atoms with E-state index in [0.717, 1.165) is 37.1 Å². The van der Waals surface area contributed by atoms with E-state index in [0.29, 0.717) is 6.54 Å². The van der Waals surface area contributed by atoms with Crippen molar-refractivity contribution in [3.63, 3.8) is 0 Å². The Morgan fingerprint density at radius 2 is 2.18 bits per heavy atom. The van der Waals surface area contributed by atoms with Crippen molar-refractivity contribution in [3.05, 3.63) is 35.8 Å². The molecule has 0 spiro atoms. The van der Waals surface area contributed by atoms with E-state index >= 15 is 0 Å². The number of fused-ring (bicyclic) bond motifs is 3. The number of nitrogens with zero attached hydrogens (tertiary/aromatic N) is 2. The molecule has 3 nitrogen and oxygen atoms in total. The first-order valence-electron chi connectivity index (χ1n) is 5.98. The van der Waals surface area contributed by atoms with Gasteiger partial charge < -0.3 is 10.3 Å². The van der Waals surface area contributed by atoms with Crippen LogP contribution in [0.15, 0.2) is 24.3 Å². The van der Waals surface area contributed by atoms with Gasteiger partial charge in [-0.05, 0) is 12.1 Å². The van der Waals surface area contributed by atoms with Crippen molar-refractivity contribution in [3.8, 4) is 0 Å². The van der Waals surface area contributed by atoms with Gasteiger partial charge in [-0.1, -0.05) is 12.1 Å². The highest BCUT2D eigenvalue weighted by molar-refractivity contribution is 5.82. The molecule has 17 heavy (non-hydrogen) atoms. The van der Waals surface area contributed by atoms with Gasteiger partial charge in [0.1, 0.15) is 5.82 Å². The third-order valence-corrected chi connectivity index (χ3v) is 3.43. The molecule has 90 valence electrons. The van der Waals surface area contributed by atoms with E-state index in [1.54, 1.807) is 6.07 Å². The van der Waals surface area contributed by atoms with Crippen LogP contribution < -0.4 is 5.73 Å². The molecule has 2 N–H and O–H groups in total. The van der Waals surface area contributed by atoms with Crippen molar-refractivity contribution < 1.29 is 4.39 Å². The fraction of sp³-hybridized carbons (Fsp3) is 0.385. The normalized spacial score (nSPS) is 16.4. The maximum absolute atomic E-state index is 13.8. The molecule has 3 rings (SSSR count). The van der Waals surface area contributed by atoms with E-state index in [-0.39, 0.29) is 5.82 Å². The third-order valence-electron chi connectivity index (χ3n) is 3.43. The van der Waals surface area contributed by atoms with Gasteiger partial charge in [-0.15, -0.1) is 0 Å². The number of benzene rings is 1. The van der Waals surface area contributed by atoms with E-state index in [1.165, 1.54) is 11.8 Å². The number of aromatic nitrogens is 1. The van der Waals surface area contributed by atoms with E-state index in [2.05, 4.69) is 15.5 Å². The first-order valence-corrected chi connectivity index (χ1v) is 5.98. The van der Waals surface area contributed by atoms with Crippen molar-refractivity contribution >= 4 is 10.9 Å². The van der Waals surface area contributed by atoms with Gasteiger partial charge in [0.15, 0.2) is 0 Å². The second kappa shape index (κ2) is 4.13. The first kappa shape index (κ1) is 10.7. The van der Waals surface area contributed by atoms with Gasteiger partial charge in [0.25, 0.3) is 0 Å². The van der Waals surface area contributed by atoms with Gasteiger partial charge in [0.05, 0.1) is 5.52 Å². The summed E-state index contributed by atoms with van der Waals surface area (Å²) < 4.78 is 15.9. The zero-order valence-electron chi connectivity index (χ0n) is 9.69. The van der Waals surface area contributed by atoms with Gasteiger partial charge in [-0.25, -0.2) is 4.39 Å². The molecule has 0 fully saturated rings. The average molecular weight is 233 g/mol. The second-order valence-electron chi connectivity index (χ2n) is 4.53. The van der Waals surface area contributed by atoms with E-state index in [9.17, 15) is 4.39 Å². The lowest BCUT2D eigenvalue weighted by molar-refractivity contribution is 0.229. The summed E-state index contributed by atoms with van der Waals surface area (Å²) in [6, 6.07) is 7.35. The Morgan fingerprint density at radius 3 is 3.00 bits per heavy atom. The molecule has 0 bridgehead atoms. The fourth-order valence-electron chi connectivity index (χ4n) is 2.64. The fourth-order valence-corrected chi connectivity index (χ4v) is 2.64. The van der Waals surface area contributed by atoms with Crippen LogP contribution in [0.5, 0.6) is 0 Å². The molecule has 0 unspecified atom stereocenters. The Kier molecular flexibility index (Phi) is 2.61. The van der Waals surface area contributed by atoms with Gasteiger partial charge in [0.2, 0.25) is 0 Å². The number of para-hydroxylation sites is 1. The van der Waals surface area contributed by atoms with Crippen molar-refractivity contribution in [2.75, 3.05) is 19.6 Å². The molecule has 0 amide bonds. The highest BCUT2D eigenvalue weighted by Gasteiger charge is 2.19. The van der Waals surface area contributed by atoms with Crippen LogP contribution in [0.25, 0.3) is 10.9 Å². The summed E-state index contributed by atoms with van der Waals surface area (Å²) in [6.45, 7) is 4.24. The topological polar surface area (TPSA) is 34.2 Å². The van der Waals surface area contributed by atoms with E-state index in [4.69, 9.17) is 5.73 Å². The van der Waals surface area contributed by atoms with Crippen molar-refractivity contribution in [2.24, 2.45) is 5.73 Å². The summed E-state index contributed by atoms with van der Waals surface area (Å²) in [5, 5.41) is 0.995. The quantitative estimate of drug-likeness (QED) is 0.854. The van der Waals surface area contributed by atoms with Crippen molar-refractivity contribution in [2.45, 2.75) is 13.1 Å². The first-order chi connectivity index (χ1) is 8.29. The number of hydrogen-bond donors (Lipinski definition) is 1. The van der Waals surface area contributed by atoms with Crippen molar-refractivity contribution in [1.29, 1.82) is 0 Å². The lowest BCUT2D eigenvalue weighted by atomic mass is 10.2. The minimum absolute atomic E-state index is 0.124. The molecule has 0 saturated carbocycles. The highest BCUT2D eigenvalue weighted by atomic mass is 19.1. The van der Waals surface area contributed by atoms with Crippen LogP contribution in [-0.4, -0.2) is 29.1 Å². The molecule has 2 heterocycles. The Bertz CT molecular complexity index is 547. The molecular formula is C13H16FN3. The molecule has 1 aromatic carbocycles. The van der Waals surface area contributed by atoms with Crippen LogP contribution in [0.2, 0.25) is 0 Å². The van der Waals surface area contributed by atoms with Crippen LogP contribution >= 0.6 is 0 Å². The standard InChI is InChI=1S/C13H16FN3/c14-12-3-1-2-10-8-11-9-16(5-4-15)6-7-17(11)13(10)12/h1-3,8H,4-7,9,15H2. The molecule has 1 aromatic heterocycles. The monoisotopic (exact) mass is 233 g/mol. The lowest BCUT2D eigenvalue weighted by Gasteiger charge is -2.28. The Balaban J connectivity index is 2.05. The summed E-state index contributed by atoms with van der Waals surface area (Å²) in [7, 11) is 0. The molecule has 0 radical (unpaired) electrons. The zero-order chi connectivity index (χ0) is 11.8. The van der Waals surface area contributed by atoms with Gasteiger partial charge in [-0.3, -0.25) is 4.90 Å². The third kappa shape index (κ3) is 1.73. The van der Waals surface area contributed by atoms with Gasteiger partial charge >= 0.3 is 0 Å². The number of halogens is 1. The van der Waals surface area contributed by atoms with E-state index < -0.39 is 0 Å². The van der Waals surface area contributed by atoms with E-state index in [1.807, 2.05) is 6.07 Å². The summed E-state index contributed by atoms with van der Waals surface area (Å²) in [5.74, 6) is -0.124. The lowest BCUT2D eigenvalue weighted by Crippen LogP contribution is -2.36. The molecule has 0 atom stereocenters. The number of hydrogen-bond acceptors (Lipinski definition) is 2. The summed E-state index contributed by atoms with van der Waals surface area (Å²) in [5.41, 5.74) is 7.50. The van der Waals surface area contributed by atoms with Crippen LogP contribution in [0.4, 0.5) is 4.39 Å². The maximum atomic E-state index is 13.8. The predicted octanol–water partition coefficient (Wildman–Crippen LogP) is 1.55. The predicted molar refractivity (Wildman–Crippen MR) is 66.2 cm³/mol. The van der Waals surface area contributed by atoms with Crippen LogP contribution in [-0.2, 0) is 13.1 Å². The summed E-state index contributed by atoms with van der Waals surface area (Å²) >= 11 is 0. The zero-order valence-corrected chi connectivity index (χ0v) is 9.69. The Labute approximate surface area is 99.6 Å².